The van der Waals surface area contributed by atoms with Gasteiger partial charge in [0.15, 0.2) is 0 Å². The van der Waals surface area contributed by atoms with Crippen molar-refractivity contribution in [3.63, 3.8) is 0 Å². The smallest absolute Gasteiger partial charge is 0.250 e. The second kappa shape index (κ2) is 7.27. The molecule has 3 rings (SSSR count). The van der Waals surface area contributed by atoms with Crippen molar-refractivity contribution in [2.24, 2.45) is 0 Å². The molecule has 2 aromatic carbocycles. The van der Waals surface area contributed by atoms with E-state index in [1.54, 1.807) is 6.08 Å². The molecule has 1 aliphatic heterocycles. The number of benzene rings is 2. The highest BCUT2D eigenvalue weighted by atomic mass is 16.1. The minimum atomic E-state index is -0.135. The molecule has 1 N–H and O–H groups in total. The van der Waals surface area contributed by atoms with E-state index < -0.39 is 0 Å². The summed E-state index contributed by atoms with van der Waals surface area (Å²) < 4.78 is 0. The highest BCUT2D eigenvalue weighted by Gasteiger charge is 2.09. The lowest BCUT2D eigenvalue weighted by molar-refractivity contribution is -0.112. The molecule has 0 aromatic heterocycles. The lowest BCUT2D eigenvalue weighted by atomic mass is 10.2. The van der Waals surface area contributed by atoms with Crippen LogP contribution in [-0.4, -0.2) is 10.8 Å². The summed E-state index contributed by atoms with van der Waals surface area (Å²) in [6, 6.07) is 19.6. The van der Waals surface area contributed by atoms with Crippen LogP contribution in [0.5, 0.6) is 0 Å². The summed E-state index contributed by atoms with van der Waals surface area (Å²) in [5.74, 6) is -0.135. The Hall–Kier alpha value is -3.07. The van der Waals surface area contributed by atoms with Crippen LogP contribution < -0.4 is 5.32 Å². The van der Waals surface area contributed by atoms with Gasteiger partial charge in [0.25, 0.3) is 0 Å². The average molecular weight is 302 g/mol. The number of nitrogens with one attached hydrogen (secondary N) is 1. The van der Waals surface area contributed by atoms with Crippen LogP contribution in [0.25, 0.3) is 0 Å². The first-order valence-corrected chi connectivity index (χ1v) is 7.54. The minimum Gasteiger partial charge on any atom is -0.343 e. The molecule has 3 nitrogen and oxygen atoms in total. The van der Waals surface area contributed by atoms with Gasteiger partial charge in [-0.05, 0) is 29.8 Å². The number of allylic oxidation sites excluding steroid dienone is 3. The quantitative estimate of drug-likeness (QED) is 0.863. The van der Waals surface area contributed by atoms with E-state index in [-0.39, 0.29) is 5.91 Å². The van der Waals surface area contributed by atoms with E-state index in [0.29, 0.717) is 0 Å². The third-order valence-corrected chi connectivity index (χ3v) is 3.49. The molecule has 0 radical (unpaired) electrons. The fourth-order valence-electron chi connectivity index (χ4n) is 2.38. The van der Waals surface area contributed by atoms with Crippen LogP contribution in [0.3, 0.4) is 0 Å². The van der Waals surface area contributed by atoms with Gasteiger partial charge in [0.1, 0.15) is 0 Å². The van der Waals surface area contributed by atoms with Gasteiger partial charge < -0.3 is 10.2 Å². The van der Waals surface area contributed by atoms with E-state index in [1.807, 2.05) is 73.0 Å². The highest BCUT2D eigenvalue weighted by molar-refractivity contribution is 6.00. The first-order chi connectivity index (χ1) is 11.3. The van der Waals surface area contributed by atoms with Crippen molar-refractivity contribution in [2.75, 3.05) is 5.32 Å². The Bertz CT molecular complexity index is 746. The lowest BCUT2D eigenvalue weighted by Gasteiger charge is -2.23. The van der Waals surface area contributed by atoms with Crippen LogP contribution in [0.4, 0.5) is 5.69 Å². The van der Waals surface area contributed by atoms with Crippen molar-refractivity contribution < 1.29 is 4.79 Å². The van der Waals surface area contributed by atoms with E-state index in [9.17, 15) is 4.79 Å². The van der Waals surface area contributed by atoms with Gasteiger partial charge in [-0.3, -0.25) is 4.79 Å². The standard InChI is InChI=1S/C20H18N2O/c23-20(21-18-11-5-2-6-12-18)15-19-13-7-8-14-22(19)16-17-9-3-1-4-10-17/h1-15H,16H2,(H,21,23). The minimum absolute atomic E-state index is 0.135. The van der Waals surface area contributed by atoms with E-state index in [0.717, 1.165) is 17.9 Å². The van der Waals surface area contributed by atoms with Crippen molar-refractivity contribution in [1.29, 1.82) is 0 Å². The number of anilines is 1. The van der Waals surface area contributed by atoms with Crippen molar-refractivity contribution >= 4 is 11.6 Å². The number of rotatable bonds is 4. The highest BCUT2D eigenvalue weighted by Crippen LogP contribution is 2.17. The van der Waals surface area contributed by atoms with Crippen LogP contribution in [-0.2, 0) is 11.3 Å². The Morgan fingerprint density at radius 3 is 2.39 bits per heavy atom. The zero-order valence-corrected chi connectivity index (χ0v) is 12.7. The summed E-state index contributed by atoms with van der Waals surface area (Å²) in [4.78, 5) is 14.3. The number of para-hydroxylation sites is 1. The summed E-state index contributed by atoms with van der Waals surface area (Å²) in [5, 5.41) is 2.87. The molecule has 0 fully saturated rings. The molecule has 1 aliphatic rings. The van der Waals surface area contributed by atoms with Crippen molar-refractivity contribution in [2.45, 2.75) is 6.54 Å². The van der Waals surface area contributed by atoms with Crippen molar-refractivity contribution in [1.82, 2.24) is 4.90 Å². The summed E-state index contributed by atoms with van der Waals surface area (Å²) in [7, 11) is 0. The van der Waals surface area contributed by atoms with Gasteiger partial charge in [0.05, 0.1) is 0 Å². The molecule has 0 unspecified atom stereocenters. The molecule has 0 saturated carbocycles. The Balaban J connectivity index is 1.72. The first kappa shape index (κ1) is 14.9. The number of hydrogen-bond acceptors (Lipinski definition) is 2. The van der Waals surface area contributed by atoms with Gasteiger partial charge in [-0.15, -0.1) is 0 Å². The average Bonchev–Trinajstić information content (AvgIpc) is 2.58. The number of amides is 1. The Kier molecular flexibility index (Phi) is 4.69. The summed E-state index contributed by atoms with van der Waals surface area (Å²) in [6.07, 6.45) is 9.44. The second-order valence-electron chi connectivity index (χ2n) is 5.24. The number of hydrogen-bond donors (Lipinski definition) is 1. The van der Waals surface area contributed by atoms with E-state index >= 15 is 0 Å². The number of nitrogens with zero attached hydrogens (tertiary/aromatic N) is 1. The van der Waals surface area contributed by atoms with E-state index in [1.165, 1.54) is 5.56 Å². The van der Waals surface area contributed by atoms with Crippen LogP contribution in [0.2, 0.25) is 0 Å². The molecule has 0 aliphatic carbocycles. The van der Waals surface area contributed by atoms with Crippen LogP contribution in [0, 0.1) is 0 Å². The van der Waals surface area contributed by atoms with Gasteiger partial charge in [0, 0.05) is 30.2 Å². The Morgan fingerprint density at radius 2 is 1.65 bits per heavy atom. The predicted molar refractivity (Wildman–Crippen MR) is 93.4 cm³/mol. The molecule has 114 valence electrons. The SMILES string of the molecule is O=C(C=C1C=CC=CN1Cc1ccccc1)Nc1ccccc1. The maximum Gasteiger partial charge on any atom is 0.250 e. The molecule has 0 bridgehead atoms. The largest absolute Gasteiger partial charge is 0.343 e. The normalized spacial score (nSPS) is 15.0. The van der Waals surface area contributed by atoms with Gasteiger partial charge in [0.2, 0.25) is 5.91 Å². The molecule has 0 saturated heterocycles. The molecular weight excluding hydrogens is 284 g/mol. The number of carbonyl (C=O) groups is 1. The molecule has 1 heterocycles. The fraction of sp³-hybridized carbons (Fsp3) is 0.0500. The Morgan fingerprint density at radius 1 is 0.957 bits per heavy atom. The fourth-order valence-corrected chi connectivity index (χ4v) is 2.38. The monoisotopic (exact) mass is 302 g/mol. The van der Waals surface area contributed by atoms with Gasteiger partial charge in [-0.25, -0.2) is 0 Å². The summed E-state index contributed by atoms with van der Waals surface area (Å²) in [6.45, 7) is 0.728. The van der Waals surface area contributed by atoms with Crippen molar-refractivity contribution in [3.05, 3.63) is 102 Å². The summed E-state index contributed by atoms with van der Waals surface area (Å²) >= 11 is 0. The molecule has 1 amide bonds. The topological polar surface area (TPSA) is 32.3 Å². The first-order valence-electron chi connectivity index (χ1n) is 7.54. The van der Waals surface area contributed by atoms with Gasteiger partial charge in [-0.1, -0.05) is 54.6 Å². The van der Waals surface area contributed by atoms with E-state index in [4.69, 9.17) is 0 Å². The van der Waals surface area contributed by atoms with Gasteiger partial charge >= 0.3 is 0 Å². The molecule has 2 aromatic rings. The molecule has 23 heavy (non-hydrogen) atoms. The summed E-state index contributed by atoms with van der Waals surface area (Å²) in [5.41, 5.74) is 2.85. The molecule has 3 heteroatoms. The second-order valence-corrected chi connectivity index (χ2v) is 5.24. The van der Waals surface area contributed by atoms with Crippen LogP contribution >= 0.6 is 0 Å². The molecule has 0 atom stereocenters. The van der Waals surface area contributed by atoms with E-state index in [2.05, 4.69) is 22.3 Å². The maximum absolute atomic E-state index is 12.2. The number of carbonyl (C=O) groups excluding carboxylic acids is 1. The lowest BCUT2D eigenvalue weighted by Crippen LogP contribution is -2.19. The Labute approximate surface area is 136 Å². The predicted octanol–water partition coefficient (Wildman–Crippen LogP) is 4.09. The zero-order chi connectivity index (χ0) is 15.9. The third kappa shape index (κ3) is 4.20. The third-order valence-electron chi connectivity index (χ3n) is 3.49. The molecular formula is C20H18N2O. The maximum atomic E-state index is 12.2. The molecule has 0 spiro atoms. The zero-order valence-electron chi connectivity index (χ0n) is 12.7. The van der Waals surface area contributed by atoms with Gasteiger partial charge in [-0.2, -0.15) is 0 Å². The van der Waals surface area contributed by atoms with Crippen molar-refractivity contribution in [3.8, 4) is 0 Å². The van der Waals surface area contributed by atoms with Crippen LogP contribution in [0.15, 0.2) is 96.9 Å². The van der Waals surface area contributed by atoms with Crippen LogP contribution in [0.1, 0.15) is 5.56 Å².